The number of nitriles is 1. The molecule has 16 heteroatoms. The highest BCUT2D eigenvalue weighted by atomic mass is 32.2. The van der Waals surface area contributed by atoms with Gasteiger partial charge >= 0.3 is 6.18 Å². The van der Waals surface area contributed by atoms with Crippen molar-refractivity contribution < 1.29 is 26.0 Å². The molecule has 2 fully saturated rings. The van der Waals surface area contributed by atoms with E-state index >= 15 is 0 Å². The molecule has 0 aromatic carbocycles. The molecule has 2 aliphatic heterocycles. The summed E-state index contributed by atoms with van der Waals surface area (Å²) in [6.45, 7) is 11.0. The standard InChI is InChI=1S/C34H44F4N8O2S2/c1-21-13-30-27(14-25(18-39)46(30)19-22(2)44-9-11-45(12-10-44)50(4,47)48)23(3)29(21)20-43-7-5-24(6-8-43)40-32-28-15-26(16-34(36,37)38)49-33(28)42-31(17-35)41-32/h13-15,21-22,24,29H,5-12,16-17,19-20H2,1-4H3,(H,40,41,42)/t21?,22-,29?/m0/s1. The Morgan fingerprint density at radius 3 is 2.44 bits per heavy atom. The second kappa shape index (κ2) is 14.5. The van der Waals surface area contributed by atoms with Crippen molar-refractivity contribution in [2.24, 2.45) is 11.8 Å². The lowest BCUT2D eigenvalue weighted by molar-refractivity contribution is -0.126. The van der Waals surface area contributed by atoms with Crippen molar-refractivity contribution in [1.82, 2.24) is 28.6 Å². The van der Waals surface area contributed by atoms with Gasteiger partial charge in [-0.05, 0) is 55.9 Å². The van der Waals surface area contributed by atoms with Crippen molar-refractivity contribution in [3.63, 3.8) is 0 Å². The zero-order chi connectivity index (χ0) is 36.0. The second-order valence-electron chi connectivity index (χ2n) is 14.0. The molecule has 50 heavy (non-hydrogen) atoms. The number of likely N-dealkylation sites (tertiary alicyclic amines) is 1. The Morgan fingerprint density at radius 2 is 1.82 bits per heavy atom. The predicted molar refractivity (Wildman–Crippen MR) is 187 cm³/mol. The molecule has 3 aliphatic rings. The molecule has 0 radical (unpaired) electrons. The Bertz CT molecular complexity index is 1990. The van der Waals surface area contributed by atoms with Crippen LogP contribution in [0.5, 0.6) is 0 Å². The summed E-state index contributed by atoms with van der Waals surface area (Å²) < 4.78 is 80.3. The number of hydrogen-bond acceptors (Lipinski definition) is 9. The van der Waals surface area contributed by atoms with E-state index in [1.807, 2.05) is 6.07 Å². The van der Waals surface area contributed by atoms with Gasteiger partial charge in [-0.25, -0.2) is 22.8 Å². The van der Waals surface area contributed by atoms with Gasteiger partial charge in [-0.1, -0.05) is 18.6 Å². The fourth-order valence-corrected chi connectivity index (χ4v) is 9.57. The molecule has 1 N–H and O–H groups in total. The smallest absolute Gasteiger partial charge is 0.367 e. The number of fused-ring (bicyclic) bond motifs is 2. The zero-order valence-electron chi connectivity index (χ0n) is 28.8. The summed E-state index contributed by atoms with van der Waals surface area (Å²) in [4.78, 5) is 13.7. The number of piperazine rings is 1. The SMILES string of the molecule is CC1=c2cc(C#N)n(C[C@H](C)N3CCN(S(C)(=O)=O)CC3)c2=CC(C)C1CN1CCC(Nc2nc(CF)nc3sc(CC(F)(F)F)cc23)CC1. The summed E-state index contributed by atoms with van der Waals surface area (Å²) in [5.74, 6) is 0.856. The lowest BCUT2D eigenvalue weighted by atomic mass is 9.82. The first-order valence-corrected chi connectivity index (χ1v) is 19.7. The lowest BCUT2D eigenvalue weighted by Crippen LogP contribution is -2.52. The highest BCUT2D eigenvalue weighted by Gasteiger charge is 2.32. The molecule has 3 aromatic rings. The van der Waals surface area contributed by atoms with E-state index in [2.05, 4.69) is 62.6 Å². The Morgan fingerprint density at radius 1 is 1.12 bits per heavy atom. The molecular weight excluding hydrogens is 693 g/mol. The van der Waals surface area contributed by atoms with Crippen LogP contribution in [0.4, 0.5) is 23.4 Å². The fraction of sp³-hybridized carbons (Fsp3) is 0.618. The maximum Gasteiger partial charge on any atom is 0.393 e. The first-order chi connectivity index (χ1) is 23.6. The van der Waals surface area contributed by atoms with Crippen LogP contribution in [-0.4, -0.2) is 107 Å². The average Bonchev–Trinajstić information content (AvgIpc) is 3.62. The van der Waals surface area contributed by atoms with Gasteiger partial charge < -0.3 is 14.8 Å². The predicted octanol–water partition coefficient (Wildman–Crippen LogP) is 3.70. The topological polar surface area (TPSA) is 110 Å². The Kier molecular flexibility index (Phi) is 10.6. The van der Waals surface area contributed by atoms with Gasteiger partial charge in [0.15, 0.2) is 5.82 Å². The molecule has 2 saturated heterocycles. The minimum atomic E-state index is -4.34. The van der Waals surface area contributed by atoms with Crippen molar-refractivity contribution in [1.29, 1.82) is 5.26 Å². The van der Waals surface area contributed by atoms with E-state index in [0.29, 0.717) is 54.5 Å². The average molecular weight is 737 g/mol. The quantitative estimate of drug-likeness (QED) is 0.314. The summed E-state index contributed by atoms with van der Waals surface area (Å²) in [6.07, 6.45) is -0.262. The highest BCUT2D eigenvalue weighted by Crippen LogP contribution is 2.34. The number of anilines is 1. The number of nitrogens with zero attached hydrogens (tertiary/aromatic N) is 7. The molecule has 3 atom stereocenters. The monoisotopic (exact) mass is 736 g/mol. The van der Waals surface area contributed by atoms with Crippen molar-refractivity contribution in [3.8, 4) is 6.07 Å². The summed E-state index contributed by atoms with van der Waals surface area (Å²) in [6, 6.07) is 6.04. The molecule has 3 aromatic heterocycles. The maximum absolute atomic E-state index is 13.6. The van der Waals surface area contributed by atoms with Gasteiger partial charge in [-0.3, -0.25) is 4.90 Å². The molecule has 0 bridgehead atoms. The van der Waals surface area contributed by atoms with Crippen LogP contribution in [0.3, 0.4) is 0 Å². The van der Waals surface area contributed by atoms with Crippen LogP contribution >= 0.6 is 11.3 Å². The number of halogens is 4. The van der Waals surface area contributed by atoms with Gasteiger partial charge in [0.1, 0.15) is 29.1 Å². The van der Waals surface area contributed by atoms with Gasteiger partial charge in [0.05, 0.1) is 18.1 Å². The summed E-state index contributed by atoms with van der Waals surface area (Å²) >= 11 is 0.926. The number of piperidine rings is 1. The van der Waals surface area contributed by atoms with E-state index in [1.165, 1.54) is 22.2 Å². The first-order valence-electron chi connectivity index (χ1n) is 17.1. The minimum Gasteiger partial charge on any atom is -0.367 e. The van der Waals surface area contributed by atoms with E-state index < -0.39 is 29.3 Å². The molecule has 5 heterocycles. The molecule has 0 saturated carbocycles. The van der Waals surface area contributed by atoms with Crippen LogP contribution in [-0.2, 0) is 29.7 Å². The van der Waals surface area contributed by atoms with E-state index in [0.717, 1.165) is 54.4 Å². The van der Waals surface area contributed by atoms with Gasteiger partial charge in [-0.15, -0.1) is 11.3 Å². The van der Waals surface area contributed by atoms with Crippen molar-refractivity contribution in [3.05, 3.63) is 39.1 Å². The van der Waals surface area contributed by atoms with Crippen LogP contribution in [0.2, 0.25) is 0 Å². The Balaban J connectivity index is 1.11. The minimum absolute atomic E-state index is 0.0401. The van der Waals surface area contributed by atoms with Gasteiger partial charge in [0.25, 0.3) is 0 Å². The Hall–Kier alpha value is -3.10. The molecule has 0 spiro atoms. The summed E-state index contributed by atoms with van der Waals surface area (Å²) in [5, 5.41) is 16.2. The molecule has 10 nitrogen and oxygen atoms in total. The molecule has 2 unspecified atom stereocenters. The summed E-state index contributed by atoms with van der Waals surface area (Å²) in [7, 11) is -3.21. The molecular formula is C34H44F4N8O2S2. The van der Waals surface area contributed by atoms with Crippen molar-refractivity contribution in [2.75, 3.05) is 57.4 Å². The lowest BCUT2D eigenvalue weighted by Gasteiger charge is -2.37. The number of nitrogens with one attached hydrogen (secondary N) is 1. The third-order valence-electron chi connectivity index (χ3n) is 10.5. The van der Waals surface area contributed by atoms with Gasteiger partial charge in [0.2, 0.25) is 10.0 Å². The Labute approximate surface area is 294 Å². The second-order valence-corrected chi connectivity index (χ2v) is 17.1. The number of aromatic nitrogens is 3. The molecule has 0 amide bonds. The number of rotatable bonds is 10. The van der Waals surface area contributed by atoms with Crippen molar-refractivity contribution >= 4 is 49.0 Å². The number of hydrogen-bond donors (Lipinski definition) is 1. The zero-order valence-corrected chi connectivity index (χ0v) is 30.4. The summed E-state index contributed by atoms with van der Waals surface area (Å²) in [5.41, 5.74) is 1.88. The third kappa shape index (κ3) is 8.02. The molecule has 6 rings (SSSR count). The molecule has 1 aliphatic carbocycles. The van der Waals surface area contributed by atoms with Crippen LogP contribution in [0, 0.1) is 23.2 Å². The van der Waals surface area contributed by atoms with Gasteiger partial charge in [0, 0.05) is 74.7 Å². The van der Waals surface area contributed by atoms with E-state index in [-0.39, 0.29) is 34.6 Å². The van der Waals surface area contributed by atoms with Crippen LogP contribution in [0.1, 0.15) is 50.0 Å². The van der Waals surface area contributed by atoms with Crippen LogP contribution in [0.15, 0.2) is 12.1 Å². The fourth-order valence-electron chi connectivity index (χ4n) is 7.67. The van der Waals surface area contributed by atoms with E-state index in [9.17, 15) is 31.2 Å². The van der Waals surface area contributed by atoms with E-state index in [1.54, 1.807) is 0 Å². The maximum atomic E-state index is 13.6. The number of thiophene rings is 1. The first kappa shape index (κ1) is 36.7. The van der Waals surface area contributed by atoms with Gasteiger partial charge in [-0.2, -0.15) is 22.7 Å². The van der Waals surface area contributed by atoms with Crippen LogP contribution < -0.4 is 15.9 Å². The number of alkyl halides is 4. The normalized spacial score (nSPS) is 22.3. The van der Waals surface area contributed by atoms with E-state index in [4.69, 9.17) is 0 Å². The number of sulfonamides is 1. The third-order valence-corrected chi connectivity index (χ3v) is 12.8. The highest BCUT2D eigenvalue weighted by molar-refractivity contribution is 7.88. The van der Waals surface area contributed by atoms with Crippen molar-refractivity contribution in [2.45, 2.75) is 71.5 Å². The largest absolute Gasteiger partial charge is 0.393 e. The molecule has 272 valence electrons. The van der Waals surface area contributed by atoms with Crippen LogP contribution in [0.25, 0.3) is 21.9 Å².